The van der Waals surface area contributed by atoms with Crippen LogP contribution in [0.25, 0.3) is 0 Å². The van der Waals surface area contributed by atoms with E-state index in [9.17, 15) is 4.79 Å². The molecule has 0 saturated carbocycles. The van der Waals surface area contributed by atoms with Gasteiger partial charge in [-0.2, -0.15) is 0 Å². The van der Waals surface area contributed by atoms with Gasteiger partial charge in [-0.1, -0.05) is 34.1 Å². The molecule has 1 aliphatic heterocycles. The second-order valence-electron chi connectivity index (χ2n) is 5.10. The third-order valence-electron chi connectivity index (χ3n) is 3.00. The van der Waals surface area contributed by atoms with Gasteiger partial charge in [0.2, 0.25) is 5.91 Å². The smallest absolute Gasteiger partial charge is 0.223 e. The van der Waals surface area contributed by atoms with Gasteiger partial charge in [-0.25, -0.2) is 0 Å². The summed E-state index contributed by atoms with van der Waals surface area (Å²) < 4.78 is 0. The standard InChI is InChI=1S/C11H21NO/c1-5-11(3,4)6-10(13)12-7-9(2)8-12/h9H,5-8H2,1-4H3. The zero-order chi connectivity index (χ0) is 10.1. The molecule has 0 aromatic carbocycles. The summed E-state index contributed by atoms with van der Waals surface area (Å²) in [5.41, 5.74) is 0.176. The minimum Gasteiger partial charge on any atom is -0.342 e. The monoisotopic (exact) mass is 183 g/mol. The molecule has 0 spiro atoms. The SMILES string of the molecule is CCC(C)(C)CC(=O)N1CC(C)C1. The summed E-state index contributed by atoms with van der Waals surface area (Å²) >= 11 is 0. The second kappa shape index (κ2) is 3.69. The van der Waals surface area contributed by atoms with E-state index in [-0.39, 0.29) is 5.41 Å². The van der Waals surface area contributed by atoms with E-state index in [1.165, 1.54) is 0 Å². The summed E-state index contributed by atoms with van der Waals surface area (Å²) in [4.78, 5) is 13.6. The molecular weight excluding hydrogens is 162 g/mol. The second-order valence-corrected chi connectivity index (χ2v) is 5.10. The molecule has 2 nitrogen and oxygen atoms in total. The fourth-order valence-electron chi connectivity index (χ4n) is 1.55. The Bertz CT molecular complexity index is 192. The van der Waals surface area contributed by atoms with Gasteiger partial charge in [0, 0.05) is 19.5 Å². The van der Waals surface area contributed by atoms with Gasteiger partial charge in [-0.3, -0.25) is 4.79 Å². The molecule has 0 radical (unpaired) electrons. The molecule has 1 fully saturated rings. The van der Waals surface area contributed by atoms with Gasteiger partial charge < -0.3 is 4.90 Å². The van der Waals surface area contributed by atoms with E-state index in [0.29, 0.717) is 18.2 Å². The van der Waals surface area contributed by atoms with Crippen molar-refractivity contribution in [1.29, 1.82) is 0 Å². The van der Waals surface area contributed by atoms with Crippen LogP contribution in [0.15, 0.2) is 0 Å². The van der Waals surface area contributed by atoms with Crippen molar-refractivity contribution in [2.24, 2.45) is 11.3 Å². The first kappa shape index (κ1) is 10.6. The number of hydrogen-bond donors (Lipinski definition) is 0. The van der Waals surface area contributed by atoms with Gasteiger partial charge in [0.15, 0.2) is 0 Å². The van der Waals surface area contributed by atoms with E-state index < -0.39 is 0 Å². The Morgan fingerprint density at radius 1 is 1.46 bits per heavy atom. The van der Waals surface area contributed by atoms with Crippen molar-refractivity contribution in [2.45, 2.75) is 40.5 Å². The third kappa shape index (κ3) is 2.71. The van der Waals surface area contributed by atoms with Crippen molar-refractivity contribution in [3.05, 3.63) is 0 Å². The van der Waals surface area contributed by atoms with E-state index >= 15 is 0 Å². The number of rotatable bonds is 3. The average Bonchev–Trinajstić information content (AvgIpc) is 1.98. The first-order chi connectivity index (χ1) is 5.94. The Kier molecular flexibility index (Phi) is 2.99. The molecule has 0 bridgehead atoms. The lowest BCUT2D eigenvalue weighted by atomic mass is 9.85. The zero-order valence-electron chi connectivity index (χ0n) is 9.26. The highest BCUT2D eigenvalue weighted by Crippen LogP contribution is 2.27. The quantitative estimate of drug-likeness (QED) is 0.657. The van der Waals surface area contributed by atoms with E-state index in [2.05, 4.69) is 27.7 Å². The van der Waals surface area contributed by atoms with Crippen molar-refractivity contribution in [1.82, 2.24) is 4.90 Å². The van der Waals surface area contributed by atoms with Crippen LogP contribution < -0.4 is 0 Å². The molecule has 13 heavy (non-hydrogen) atoms. The maximum absolute atomic E-state index is 11.7. The average molecular weight is 183 g/mol. The molecule has 0 aliphatic carbocycles. The molecule has 0 N–H and O–H groups in total. The molecule has 0 aromatic rings. The van der Waals surface area contributed by atoms with E-state index in [4.69, 9.17) is 0 Å². The Labute approximate surface area is 81.3 Å². The number of likely N-dealkylation sites (tertiary alicyclic amines) is 1. The normalized spacial score (nSPS) is 18.6. The molecule has 1 heterocycles. The number of amides is 1. The highest BCUT2D eigenvalue weighted by Gasteiger charge is 2.30. The van der Waals surface area contributed by atoms with Crippen LogP contribution in [-0.4, -0.2) is 23.9 Å². The minimum atomic E-state index is 0.176. The Morgan fingerprint density at radius 2 is 2.00 bits per heavy atom. The molecule has 1 rings (SSSR count). The predicted molar refractivity (Wildman–Crippen MR) is 54.4 cm³/mol. The van der Waals surface area contributed by atoms with E-state index in [1.54, 1.807) is 0 Å². The van der Waals surface area contributed by atoms with Gasteiger partial charge in [-0.05, 0) is 11.3 Å². The highest BCUT2D eigenvalue weighted by atomic mass is 16.2. The summed E-state index contributed by atoms with van der Waals surface area (Å²) in [6.07, 6.45) is 1.78. The topological polar surface area (TPSA) is 20.3 Å². The van der Waals surface area contributed by atoms with Crippen molar-refractivity contribution in [3.63, 3.8) is 0 Å². The van der Waals surface area contributed by atoms with Crippen LogP contribution in [0.2, 0.25) is 0 Å². The molecule has 1 saturated heterocycles. The van der Waals surface area contributed by atoms with Crippen LogP contribution in [0, 0.1) is 11.3 Å². The lowest BCUT2D eigenvalue weighted by Gasteiger charge is -2.39. The van der Waals surface area contributed by atoms with Crippen LogP contribution in [0.3, 0.4) is 0 Å². The van der Waals surface area contributed by atoms with Gasteiger partial charge >= 0.3 is 0 Å². The minimum absolute atomic E-state index is 0.176. The Hall–Kier alpha value is -0.530. The summed E-state index contributed by atoms with van der Waals surface area (Å²) in [6.45, 7) is 10.6. The number of carbonyl (C=O) groups excluding carboxylic acids is 1. The maximum Gasteiger partial charge on any atom is 0.223 e. The lowest BCUT2D eigenvalue weighted by molar-refractivity contribution is -0.139. The van der Waals surface area contributed by atoms with Crippen molar-refractivity contribution >= 4 is 5.91 Å². The van der Waals surface area contributed by atoms with Gasteiger partial charge in [0.25, 0.3) is 0 Å². The van der Waals surface area contributed by atoms with Crippen molar-refractivity contribution < 1.29 is 4.79 Å². The largest absolute Gasteiger partial charge is 0.342 e. The number of carbonyl (C=O) groups is 1. The summed E-state index contributed by atoms with van der Waals surface area (Å²) in [6, 6.07) is 0. The summed E-state index contributed by atoms with van der Waals surface area (Å²) in [5.74, 6) is 1.05. The molecule has 0 unspecified atom stereocenters. The fourth-order valence-corrected chi connectivity index (χ4v) is 1.55. The van der Waals surface area contributed by atoms with Crippen LogP contribution in [0.4, 0.5) is 0 Å². The molecule has 0 atom stereocenters. The summed E-state index contributed by atoms with van der Waals surface area (Å²) in [7, 11) is 0. The van der Waals surface area contributed by atoms with Gasteiger partial charge in [0.05, 0.1) is 0 Å². The zero-order valence-corrected chi connectivity index (χ0v) is 9.26. The first-order valence-corrected chi connectivity index (χ1v) is 5.22. The van der Waals surface area contributed by atoms with E-state index in [0.717, 1.165) is 19.5 Å². The van der Waals surface area contributed by atoms with E-state index in [1.807, 2.05) is 4.90 Å². The lowest BCUT2D eigenvalue weighted by Crippen LogP contribution is -2.49. The molecule has 76 valence electrons. The Balaban J connectivity index is 2.33. The fraction of sp³-hybridized carbons (Fsp3) is 0.909. The van der Waals surface area contributed by atoms with Crippen LogP contribution in [-0.2, 0) is 4.79 Å². The Morgan fingerprint density at radius 3 is 2.38 bits per heavy atom. The van der Waals surface area contributed by atoms with Crippen LogP contribution in [0.1, 0.15) is 40.5 Å². The molecule has 2 heteroatoms. The third-order valence-corrected chi connectivity index (χ3v) is 3.00. The molecular formula is C11H21NO. The van der Waals surface area contributed by atoms with Crippen LogP contribution >= 0.6 is 0 Å². The maximum atomic E-state index is 11.7. The van der Waals surface area contributed by atoms with Crippen molar-refractivity contribution in [3.8, 4) is 0 Å². The first-order valence-electron chi connectivity index (χ1n) is 5.22. The molecule has 1 amide bonds. The van der Waals surface area contributed by atoms with Gasteiger partial charge in [-0.15, -0.1) is 0 Å². The molecule has 1 aliphatic rings. The van der Waals surface area contributed by atoms with Gasteiger partial charge in [0.1, 0.15) is 0 Å². The number of nitrogens with zero attached hydrogens (tertiary/aromatic N) is 1. The predicted octanol–water partition coefficient (Wildman–Crippen LogP) is 2.29. The summed E-state index contributed by atoms with van der Waals surface area (Å²) in [5, 5.41) is 0. The van der Waals surface area contributed by atoms with Crippen molar-refractivity contribution in [2.75, 3.05) is 13.1 Å². The molecule has 0 aromatic heterocycles. The van der Waals surface area contributed by atoms with Crippen LogP contribution in [0.5, 0.6) is 0 Å². The number of hydrogen-bond acceptors (Lipinski definition) is 1. The highest BCUT2D eigenvalue weighted by molar-refractivity contribution is 5.77.